The molecule has 0 amide bonds. The van der Waals surface area contributed by atoms with Crippen molar-refractivity contribution in [1.82, 2.24) is 0 Å². The van der Waals surface area contributed by atoms with Gasteiger partial charge in [-0.05, 0) is 12.5 Å². The average Bonchev–Trinajstić information content (AvgIpc) is 2.17. The van der Waals surface area contributed by atoms with Gasteiger partial charge in [-0.3, -0.25) is 14.9 Å². The number of oxime groups is 1. The van der Waals surface area contributed by atoms with Crippen LogP contribution in [0.2, 0.25) is 0 Å². The molecule has 0 aliphatic rings. The summed E-state index contributed by atoms with van der Waals surface area (Å²) in [5.41, 5.74) is 0.120. The van der Waals surface area contributed by atoms with Crippen molar-refractivity contribution in [3.63, 3.8) is 0 Å². The van der Waals surface area contributed by atoms with E-state index in [2.05, 4.69) is 5.16 Å². The van der Waals surface area contributed by atoms with Crippen LogP contribution in [0, 0.1) is 17.0 Å². The monoisotopic (exact) mass is 208 g/mol. The van der Waals surface area contributed by atoms with Crippen LogP contribution in [0.3, 0.4) is 0 Å². The molecule has 1 rings (SSSR count). The lowest BCUT2D eigenvalue weighted by Crippen LogP contribution is -2.07. The van der Waals surface area contributed by atoms with Gasteiger partial charge in [0.1, 0.15) is 11.8 Å². The Hall–Kier alpha value is -2.24. The van der Waals surface area contributed by atoms with Gasteiger partial charge < -0.3 is 5.21 Å². The Morgan fingerprint density at radius 3 is 2.80 bits per heavy atom. The molecule has 0 spiro atoms. The summed E-state index contributed by atoms with van der Waals surface area (Å²) in [5.74, 6) is -0.692. The van der Waals surface area contributed by atoms with Gasteiger partial charge in [0.05, 0.1) is 4.92 Å². The summed E-state index contributed by atoms with van der Waals surface area (Å²) in [6.07, 6.45) is 0.634. The standard InChI is InChI=1S/C9H8N2O4/c1-6-3-2-4-7(11(14)15)9(6)8(12)5-10-13/h2-5,13H,1H3. The van der Waals surface area contributed by atoms with Crippen LogP contribution < -0.4 is 0 Å². The van der Waals surface area contributed by atoms with Gasteiger partial charge in [0, 0.05) is 6.07 Å². The van der Waals surface area contributed by atoms with Gasteiger partial charge in [-0.1, -0.05) is 17.3 Å². The largest absolute Gasteiger partial charge is 0.411 e. The maximum absolute atomic E-state index is 11.4. The number of carbonyl (C=O) groups is 1. The van der Waals surface area contributed by atoms with Crippen LogP contribution in [0.1, 0.15) is 15.9 Å². The molecule has 0 aliphatic carbocycles. The Kier molecular flexibility index (Phi) is 3.12. The molecule has 0 aromatic heterocycles. The molecule has 0 fully saturated rings. The third-order valence-electron chi connectivity index (χ3n) is 1.87. The maximum Gasteiger partial charge on any atom is 0.280 e. The number of benzene rings is 1. The third kappa shape index (κ3) is 2.16. The van der Waals surface area contributed by atoms with Gasteiger partial charge in [0.15, 0.2) is 0 Å². The molecule has 0 aliphatic heterocycles. The van der Waals surface area contributed by atoms with Gasteiger partial charge >= 0.3 is 0 Å². The molecule has 1 aromatic carbocycles. The summed E-state index contributed by atoms with van der Waals surface area (Å²) in [5, 5.41) is 21.4. The van der Waals surface area contributed by atoms with Crippen molar-refractivity contribution in [2.24, 2.45) is 5.16 Å². The fourth-order valence-electron chi connectivity index (χ4n) is 1.24. The van der Waals surface area contributed by atoms with Crippen molar-refractivity contribution >= 4 is 17.7 Å². The topological polar surface area (TPSA) is 92.8 Å². The highest BCUT2D eigenvalue weighted by Crippen LogP contribution is 2.21. The molecule has 0 saturated heterocycles. The van der Waals surface area contributed by atoms with Gasteiger partial charge in [-0.15, -0.1) is 0 Å². The first kappa shape index (κ1) is 10.8. The lowest BCUT2D eigenvalue weighted by atomic mass is 10.0. The number of nitro groups is 1. The van der Waals surface area contributed by atoms with Crippen LogP contribution in [0.4, 0.5) is 5.69 Å². The molecule has 0 saturated carbocycles. The summed E-state index contributed by atoms with van der Waals surface area (Å²) in [7, 11) is 0. The number of rotatable bonds is 3. The van der Waals surface area contributed by atoms with Crippen molar-refractivity contribution < 1.29 is 14.9 Å². The second-order valence-electron chi connectivity index (χ2n) is 2.83. The molecule has 78 valence electrons. The second-order valence-corrected chi connectivity index (χ2v) is 2.83. The van der Waals surface area contributed by atoms with Gasteiger partial charge in [-0.25, -0.2) is 0 Å². The Balaban J connectivity index is 3.37. The SMILES string of the molecule is Cc1cccc([N+](=O)[O-])c1C(=O)C=NO. The van der Waals surface area contributed by atoms with E-state index >= 15 is 0 Å². The summed E-state index contributed by atoms with van der Waals surface area (Å²) in [6, 6.07) is 4.29. The molecular formula is C9H8N2O4. The van der Waals surface area contributed by atoms with Crippen molar-refractivity contribution in [2.75, 3.05) is 0 Å². The zero-order chi connectivity index (χ0) is 11.4. The molecule has 0 heterocycles. The van der Waals surface area contributed by atoms with E-state index in [0.29, 0.717) is 11.8 Å². The highest BCUT2D eigenvalue weighted by Gasteiger charge is 2.20. The number of hydrogen-bond acceptors (Lipinski definition) is 5. The van der Waals surface area contributed by atoms with Crippen LogP contribution >= 0.6 is 0 Å². The minimum atomic E-state index is -0.692. The highest BCUT2D eigenvalue weighted by molar-refractivity contribution is 6.36. The quantitative estimate of drug-likeness (QED) is 0.268. The van der Waals surface area contributed by atoms with Crippen molar-refractivity contribution in [3.05, 3.63) is 39.4 Å². The number of Topliss-reactive ketones (excluding diaryl/α,β-unsaturated/α-hetero) is 1. The molecule has 1 N–H and O–H groups in total. The van der Waals surface area contributed by atoms with E-state index in [0.717, 1.165) is 0 Å². The molecular weight excluding hydrogens is 200 g/mol. The zero-order valence-corrected chi connectivity index (χ0v) is 7.88. The van der Waals surface area contributed by atoms with E-state index in [1.54, 1.807) is 13.0 Å². The van der Waals surface area contributed by atoms with Crippen molar-refractivity contribution in [3.8, 4) is 0 Å². The van der Waals surface area contributed by atoms with Crippen LogP contribution in [0.25, 0.3) is 0 Å². The molecule has 0 radical (unpaired) electrons. The summed E-state index contributed by atoms with van der Waals surface area (Å²) < 4.78 is 0. The van der Waals surface area contributed by atoms with E-state index in [1.165, 1.54) is 12.1 Å². The van der Waals surface area contributed by atoms with Crippen LogP contribution in [-0.2, 0) is 0 Å². The lowest BCUT2D eigenvalue weighted by molar-refractivity contribution is -0.385. The first-order chi connectivity index (χ1) is 7.07. The molecule has 6 nitrogen and oxygen atoms in total. The van der Waals surface area contributed by atoms with E-state index in [4.69, 9.17) is 5.21 Å². The Bertz CT molecular complexity index is 440. The molecule has 0 unspecified atom stereocenters. The lowest BCUT2D eigenvalue weighted by Gasteiger charge is -2.01. The van der Waals surface area contributed by atoms with Crippen LogP contribution in [0.15, 0.2) is 23.4 Å². The fraction of sp³-hybridized carbons (Fsp3) is 0.111. The van der Waals surface area contributed by atoms with E-state index < -0.39 is 10.7 Å². The van der Waals surface area contributed by atoms with Crippen molar-refractivity contribution in [2.45, 2.75) is 6.92 Å². The van der Waals surface area contributed by atoms with Crippen LogP contribution in [0.5, 0.6) is 0 Å². The molecule has 0 atom stereocenters. The Morgan fingerprint density at radius 2 is 2.27 bits per heavy atom. The Labute approximate surface area is 85.0 Å². The van der Waals surface area contributed by atoms with Gasteiger partial charge in [-0.2, -0.15) is 0 Å². The minimum absolute atomic E-state index is 0.0553. The van der Waals surface area contributed by atoms with Crippen LogP contribution in [-0.4, -0.2) is 22.1 Å². The minimum Gasteiger partial charge on any atom is -0.411 e. The Morgan fingerprint density at radius 1 is 1.60 bits per heavy atom. The van der Waals surface area contributed by atoms with E-state index in [-0.39, 0.29) is 11.3 Å². The van der Waals surface area contributed by atoms with E-state index in [9.17, 15) is 14.9 Å². The number of aryl methyl sites for hydroxylation is 1. The third-order valence-corrected chi connectivity index (χ3v) is 1.87. The fourth-order valence-corrected chi connectivity index (χ4v) is 1.24. The van der Waals surface area contributed by atoms with E-state index in [1.807, 2.05) is 0 Å². The van der Waals surface area contributed by atoms with Crippen molar-refractivity contribution in [1.29, 1.82) is 0 Å². The summed E-state index contributed by atoms with van der Waals surface area (Å²) in [6.45, 7) is 1.57. The highest BCUT2D eigenvalue weighted by atomic mass is 16.6. The number of hydrogen-bond donors (Lipinski definition) is 1. The first-order valence-electron chi connectivity index (χ1n) is 4.03. The first-order valence-corrected chi connectivity index (χ1v) is 4.03. The average molecular weight is 208 g/mol. The molecule has 15 heavy (non-hydrogen) atoms. The zero-order valence-electron chi connectivity index (χ0n) is 7.88. The molecule has 6 heteroatoms. The molecule has 0 bridgehead atoms. The number of ketones is 1. The molecule has 1 aromatic rings. The number of nitrogens with zero attached hydrogens (tertiary/aromatic N) is 2. The maximum atomic E-state index is 11.4. The smallest absolute Gasteiger partial charge is 0.280 e. The van der Waals surface area contributed by atoms with Gasteiger partial charge in [0.25, 0.3) is 5.69 Å². The summed E-state index contributed by atoms with van der Waals surface area (Å²) >= 11 is 0. The van der Waals surface area contributed by atoms with Gasteiger partial charge in [0.2, 0.25) is 5.78 Å². The predicted molar refractivity (Wildman–Crippen MR) is 52.4 cm³/mol. The predicted octanol–water partition coefficient (Wildman–Crippen LogP) is 1.55. The number of nitro benzene ring substituents is 1. The second kappa shape index (κ2) is 4.32. The number of carbonyl (C=O) groups excluding carboxylic acids is 1. The normalized spacial score (nSPS) is 10.5. The summed E-state index contributed by atoms with van der Waals surface area (Å²) in [4.78, 5) is 21.4.